The SMILES string of the molecule is C[C@H]1C[C@@H]1C(=O)OCc1cn(-c2ccccc2)nc1-c1ccccc1. The number of hydrogen-bond donors (Lipinski definition) is 0. The lowest BCUT2D eigenvalue weighted by Gasteiger charge is -2.04. The van der Waals surface area contributed by atoms with Gasteiger partial charge in [0.2, 0.25) is 0 Å². The summed E-state index contributed by atoms with van der Waals surface area (Å²) >= 11 is 0. The number of carbonyl (C=O) groups excluding carboxylic acids is 1. The predicted molar refractivity (Wildman–Crippen MR) is 96.1 cm³/mol. The van der Waals surface area contributed by atoms with Gasteiger partial charge in [-0.25, -0.2) is 4.68 Å². The van der Waals surface area contributed by atoms with Crippen molar-refractivity contribution in [2.75, 3.05) is 0 Å². The van der Waals surface area contributed by atoms with Crippen LogP contribution in [0.4, 0.5) is 0 Å². The van der Waals surface area contributed by atoms with Gasteiger partial charge in [0.1, 0.15) is 6.61 Å². The zero-order valence-electron chi connectivity index (χ0n) is 14.1. The maximum absolute atomic E-state index is 12.1. The molecule has 0 amide bonds. The Morgan fingerprint density at radius 2 is 1.76 bits per heavy atom. The van der Waals surface area contributed by atoms with Crippen LogP contribution in [0, 0.1) is 11.8 Å². The van der Waals surface area contributed by atoms with Gasteiger partial charge in [0.15, 0.2) is 0 Å². The molecule has 2 atom stereocenters. The van der Waals surface area contributed by atoms with Crippen molar-refractivity contribution < 1.29 is 9.53 Å². The number of para-hydroxylation sites is 1. The summed E-state index contributed by atoms with van der Waals surface area (Å²) in [5.41, 5.74) is 3.76. The van der Waals surface area contributed by atoms with Gasteiger partial charge < -0.3 is 4.74 Å². The Labute approximate surface area is 147 Å². The van der Waals surface area contributed by atoms with Crippen LogP contribution >= 0.6 is 0 Å². The Bertz CT molecular complexity index is 871. The summed E-state index contributed by atoms with van der Waals surface area (Å²) < 4.78 is 7.38. The van der Waals surface area contributed by atoms with E-state index in [9.17, 15) is 4.79 Å². The molecule has 0 unspecified atom stereocenters. The first kappa shape index (κ1) is 15.6. The Kier molecular flexibility index (Phi) is 4.10. The van der Waals surface area contributed by atoms with E-state index in [4.69, 9.17) is 9.84 Å². The van der Waals surface area contributed by atoms with Gasteiger partial charge in [0, 0.05) is 17.3 Å². The molecule has 1 heterocycles. The van der Waals surface area contributed by atoms with Crippen LogP contribution in [0.3, 0.4) is 0 Å². The molecule has 0 spiro atoms. The van der Waals surface area contributed by atoms with Crippen LogP contribution in [-0.4, -0.2) is 15.7 Å². The van der Waals surface area contributed by atoms with Crippen molar-refractivity contribution in [1.82, 2.24) is 9.78 Å². The first-order chi connectivity index (χ1) is 12.2. The zero-order chi connectivity index (χ0) is 17.2. The van der Waals surface area contributed by atoms with Crippen LogP contribution in [0.25, 0.3) is 16.9 Å². The van der Waals surface area contributed by atoms with Crippen LogP contribution in [0.1, 0.15) is 18.9 Å². The summed E-state index contributed by atoms with van der Waals surface area (Å²) in [6.45, 7) is 2.33. The van der Waals surface area contributed by atoms with Gasteiger partial charge in [-0.3, -0.25) is 4.79 Å². The molecule has 1 fully saturated rings. The van der Waals surface area contributed by atoms with Gasteiger partial charge in [-0.1, -0.05) is 55.5 Å². The molecule has 1 aliphatic carbocycles. The van der Waals surface area contributed by atoms with Crippen molar-refractivity contribution in [3.8, 4) is 16.9 Å². The van der Waals surface area contributed by atoms with E-state index in [1.165, 1.54) is 0 Å². The molecule has 0 aliphatic heterocycles. The number of hydrogen-bond acceptors (Lipinski definition) is 3. The first-order valence-electron chi connectivity index (χ1n) is 8.58. The highest BCUT2D eigenvalue weighted by molar-refractivity contribution is 5.75. The standard InChI is InChI=1S/C21H20N2O2/c1-15-12-19(15)21(24)25-14-17-13-23(18-10-6-3-7-11-18)22-20(17)16-8-4-2-5-9-16/h2-11,13,15,19H,12,14H2,1H3/t15-,19-/m0/s1. The monoisotopic (exact) mass is 332 g/mol. The second kappa shape index (κ2) is 6.55. The molecule has 0 N–H and O–H groups in total. The van der Waals surface area contributed by atoms with Gasteiger partial charge in [-0.15, -0.1) is 0 Å². The second-order valence-electron chi connectivity index (χ2n) is 6.58. The molecular formula is C21H20N2O2. The molecule has 0 saturated heterocycles. The molecule has 0 radical (unpaired) electrons. The molecule has 126 valence electrons. The molecule has 1 saturated carbocycles. The van der Waals surface area contributed by atoms with Crippen molar-refractivity contribution in [2.45, 2.75) is 20.0 Å². The summed E-state index contributed by atoms with van der Waals surface area (Å²) in [6.07, 6.45) is 2.88. The summed E-state index contributed by atoms with van der Waals surface area (Å²) in [5.74, 6) is 0.427. The Morgan fingerprint density at radius 3 is 2.40 bits per heavy atom. The Balaban J connectivity index is 1.63. The number of carbonyl (C=O) groups is 1. The highest BCUT2D eigenvalue weighted by Gasteiger charge is 2.40. The fourth-order valence-electron chi connectivity index (χ4n) is 2.97. The van der Waals surface area contributed by atoms with Crippen molar-refractivity contribution >= 4 is 5.97 Å². The molecule has 3 aromatic rings. The Morgan fingerprint density at radius 1 is 1.12 bits per heavy atom. The molecular weight excluding hydrogens is 312 g/mol. The van der Waals surface area contributed by atoms with E-state index in [0.29, 0.717) is 5.92 Å². The zero-order valence-corrected chi connectivity index (χ0v) is 14.1. The summed E-state index contributed by atoms with van der Waals surface area (Å²) in [7, 11) is 0. The average molecular weight is 332 g/mol. The van der Waals surface area contributed by atoms with E-state index in [1.807, 2.05) is 71.5 Å². The fraction of sp³-hybridized carbons (Fsp3) is 0.238. The second-order valence-corrected chi connectivity index (χ2v) is 6.58. The molecule has 2 aromatic carbocycles. The normalized spacial score (nSPS) is 18.8. The topological polar surface area (TPSA) is 44.1 Å². The summed E-state index contributed by atoms with van der Waals surface area (Å²) in [6, 6.07) is 19.9. The van der Waals surface area contributed by atoms with Crippen molar-refractivity contribution in [1.29, 1.82) is 0 Å². The van der Waals surface area contributed by atoms with Crippen LogP contribution in [-0.2, 0) is 16.1 Å². The first-order valence-corrected chi connectivity index (χ1v) is 8.58. The maximum Gasteiger partial charge on any atom is 0.309 e. The molecule has 1 aromatic heterocycles. The number of nitrogens with zero attached hydrogens (tertiary/aromatic N) is 2. The number of aromatic nitrogens is 2. The Hall–Kier alpha value is -2.88. The van der Waals surface area contributed by atoms with E-state index in [0.717, 1.165) is 28.9 Å². The van der Waals surface area contributed by atoms with E-state index >= 15 is 0 Å². The number of ether oxygens (including phenoxy) is 1. The van der Waals surface area contributed by atoms with Gasteiger partial charge in [-0.05, 0) is 24.5 Å². The third-order valence-corrected chi connectivity index (χ3v) is 4.64. The van der Waals surface area contributed by atoms with E-state index < -0.39 is 0 Å². The van der Waals surface area contributed by atoms with Gasteiger partial charge in [0.05, 0.1) is 17.3 Å². The third kappa shape index (κ3) is 3.33. The smallest absolute Gasteiger partial charge is 0.309 e. The lowest BCUT2D eigenvalue weighted by atomic mass is 10.1. The maximum atomic E-state index is 12.1. The lowest BCUT2D eigenvalue weighted by molar-refractivity contribution is -0.146. The predicted octanol–water partition coefficient (Wildman–Crippen LogP) is 4.24. The van der Waals surface area contributed by atoms with Gasteiger partial charge in [0.25, 0.3) is 0 Å². The molecule has 4 heteroatoms. The molecule has 25 heavy (non-hydrogen) atoms. The van der Waals surface area contributed by atoms with Gasteiger partial charge >= 0.3 is 5.97 Å². The van der Waals surface area contributed by atoms with E-state index in [2.05, 4.69) is 6.92 Å². The highest BCUT2D eigenvalue weighted by Crippen LogP contribution is 2.39. The quantitative estimate of drug-likeness (QED) is 0.657. The minimum Gasteiger partial charge on any atom is -0.460 e. The molecule has 1 aliphatic rings. The molecule has 4 rings (SSSR count). The van der Waals surface area contributed by atoms with Crippen LogP contribution < -0.4 is 0 Å². The lowest BCUT2D eigenvalue weighted by Crippen LogP contribution is -2.07. The van der Waals surface area contributed by atoms with E-state index in [-0.39, 0.29) is 18.5 Å². The van der Waals surface area contributed by atoms with E-state index in [1.54, 1.807) is 0 Å². The summed E-state index contributed by atoms with van der Waals surface area (Å²) in [4.78, 5) is 12.1. The average Bonchev–Trinajstić information content (AvgIpc) is 3.24. The van der Waals surface area contributed by atoms with Gasteiger partial charge in [-0.2, -0.15) is 5.10 Å². The van der Waals surface area contributed by atoms with Crippen molar-refractivity contribution in [2.24, 2.45) is 11.8 Å². The van der Waals surface area contributed by atoms with Crippen molar-refractivity contribution in [3.05, 3.63) is 72.4 Å². The largest absolute Gasteiger partial charge is 0.460 e. The number of rotatable bonds is 5. The van der Waals surface area contributed by atoms with Crippen LogP contribution in [0.2, 0.25) is 0 Å². The minimum absolute atomic E-state index is 0.0735. The minimum atomic E-state index is -0.0982. The van der Waals surface area contributed by atoms with Crippen LogP contribution in [0.15, 0.2) is 66.9 Å². The number of esters is 1. The molecule has 0 bridgehead atoms. The fourth-order valence-corrected chi connectivity index (χ4v) is 2.97. The number of benzene rings is 2. The molecule has 4 nitrogen and oxygen atoms in total. The third-order valence-electron chi connectivity index (χ3n) is 4.64. The summed E-state index contributed by atoms with van der Waals surface area (Å²) in [5, 5.41) is 4.73. The highest BCUT2D eigenvalue weighted by atomic mass is 16.5. The van der Waals surface area contributed by atoms with Crippen LogP contribution in [0.5, 0.6) is 0 Å². The van der Waals surface area contributed by atoms with Crippen molar-refractivity contribution in [3.63, 3.8) is 0 Å².